The van der Waals surface area contributed by atoms with Crippen LogP contribution in [0.15, 0.2) is 50.5 Å². The zero-order chi connectivity index (χ0) is 22.3. The molecule has 0 spiro atoms. The fourth-order valence-electron chi connectivity index (χ4n) is 2.57. The Morgan fingerprint density at radius 2 is 1.94 bits per heavy atom. The standard InChI is InChI=1S/C19H21N5O5S2/c1-2-15-20-17(29-23-15)10-5-9-16(25)21-22-19(26)13-7-3-4-8-14(13)24-31(27,28)18-11-6-12-30-18/h3-4,6-8,11-12,24H,2,5,9-10H2,1H3,(H,21,25)(H,22,26). The first-order valence-electron chi connectivity index (χ1n) is 9.45. The van der Waals surface area contributed by atoms with E-state index in [1.807, 2.05) is 6.92 Å². The summed E-state index contributed by atoms with van der Waals surface area (Å²) in [5.74, 6) is 0.0169. The van der Waals surface area contributed by atoms with Gasteiger partial charge in [0, 0.05) is 19.3 Å². The molecule has 3 aromatic rings. The molecule has 0 radical (unpaired) electrons. The number of para-hydroxylation sites is 1. The Morgan fingerprint density at radius 3 is 2.65 bits per heavy atom. The second-order valence-corrected chi connectivity index (χ2v) is 9.25. The quantitative estimate of drug-likeness (QED) is 0.413. The van der Waals surface area contributed by atoms with Crippen LogP contribution in [0.4, 0.5) is 5.69 Å². The van der Waals surface area contributed by atoms with Crippen molar-refractivity contribution in [3.05, 3.63) is 59.1 Å². The average Bonchev–Trinajstić information content (AvgIpc) is 3.45. The maximum Gasteiger partial charge on any atom is 0.271 e. The van der Waals surface area contributed by atoms with E-state index in [-0.39, 0.29) is 21.9 Å². The summed E-state index contributed by atoms with van der Waals surface area (Å²) in [4.78, 5) is 28.6. The second kappa shape index (κ2) is 10.2. The van der Waals surface area contributed by atoms with Crippen LogP contribution in [-0.4, -0.2) is 30.4 Å². The van der Waals surface area contributed by atoms with Gasteiger partial charge in [-0.3, -0.25) is 25.2 Å². The van der Waals surface area contributed by atoms with Crippen LogP contribution >= 0.6 is 11.3 Å². The Labute approximate surface area is 183 Å². The summed E-state index contributed by atoms with van der Waals surface area (Å²) in [7, 11) is -3.81. The minimum Gasteiger partial charge on any atom is -0.339 e. The lowest BCUT2D eigenvalue weighted by molar-refractivity contribution is -0.121. The monoisotopic (exact) mass is 463 g/mol. The summed E-state index contributed by atoms with van der Waals surface area (Å²) >= 11 is 1.06. The normalized spacial score (nSPS) is 11.1. The number of aromatic nitrogens is 2. The molecule has 0 saturated heterocycles. The molecule has 1 aromatic carbocycles. The van der Waals surface area contributed by atoms with E-state index in [1.54, 1.807) is 23.6 Å². The number of aryl methyl sites for hydroxylation is 2. The molecule has 31 heavy (non-hydrogen) atoms. The number of hydrazine groups is 1. The van der Waals surface area contributed by atoms with Crippen LogP contribution in [0.5, 0.6) is 0 Å². The van der Waals surface area contributed by atoms with E-state index < -0.39 is 21.8 Å². The first-order valence-corrected chi connectivity index (χ1v) is 11.8. The van der Waals surface area contributed by atoms with Crippen molar-refractivity contribution in [2.24, 2.45) is 0 Å². The number of amides is 2. The van der Waals surface area contributed by atoms with Gasteiger partial charge >= 0.3 is 0 Å². The smallest absolute Gasteiger partial charge is 0.271 e. The van der Waals surface area contributed by atoms with E-state index in [1.165, 1.54) is 18.2 Å². The van der Waals surface area contributed by atoms with E-state index in [4.69, 9.17) is 4.52 Å². The number of benzene rings is 1. The molecule has 2 aromatic heterocycles. The lowest BCUT2D eigenvalue weighted by atomic mass is 10.2. The number of hydrogen-bond donors (Lipinski definition) is 3. The minimum absolute atomic E-state index is 0.0703. The summed E-state index contributed by atoms with van der Waals surface area (Å²) in [6.45, 7) is 1.91. The predicted octanol–water partition coefficient (Wildman–Crippen LogP) is 2.28. The predicted molar refractivity (Wildman–Crippen MR) is 114 cm³/mol. The van der Waals surface area contributed by atoms with Gasteiger partial charge in [-0.2, -0.15) is 4.98 Å². The highest BCUT2D eigenvalue weighted by atomic mass is 32.2. The summed E-state index contributed by atoms with van der Waals surface area (Å²) in [5.41, 5.74) is 4.79. The van der Waals surface area contributed by atoms with Crippen LogP contribution in [0, 0.1) is 0 Å². The van der Waals surface area contributed by atoms with Gasteiger partial charge in [0.25, 0.3) is 15.9 Å². The van der Waals surface area contributed by atoms with Crippen LogP contribution in [0.25, 0.3) is 0 Å². The molecule has 0 aliphatic rings. The molecule has 0 saturated carbocycles. The Hall–Kier alpha value is -3.25. The summed E-state index contributed by atoms with van der Waals surface area (Å²) in [6, 6.07) is 9.20. The summed E-state index contributed by atoms with van der Waals surface area (Å²) in [5, 5.41) is 5.43. The average molecular weight is 464 g/mol. The first-order chi connectivity index (χ1) is 14.9. The van der Waals surface area contributed by atoms with Gasteiger partial charge in [0.05, 0.1) is 11.3 Å². The molecule has 2 heterocycles. The Bertz CT molecular complexity index is 1140. The van der Waals surface area contributed by atoms with Gasteiger partial charge in [-0.15, -0.1) is 11.3 Å². The number of nitrogens with one attached hydrogen (secondary N) is 3. The fourth-order valence-corrected chi connectivity index (χ4v) is 4.65. The maximum atomic E-state index is 12.5. The molecule has 12 heteroatoms. The van der Waals surface area contributed by atoms with Gasteiger partial charge in [0.15, 0.2) is 5.82 Å². The van der Waals surface area contributed by atoms with Gasteiger partial charge in [0.2, 0.25) is 11.8 Å². The third-order valence-corrected chi connectivity index (χ3v) is 6.88. The second-order valence-electron chi connectivity index (χ2n) is 6.40. The molecule has 0 bridgehead atoms. The highest BCUT2D eigenvalue weighted by Crippen LogP contribution is 2.22. The van der Waals surface area contributed by atoms with Crippen LogP contribution in [0.1, 0.15) is 41.8 Å². The fraction of sp³-hybridized carbons (Fsp3) is 0.263. The maximum absolute atomic E-state index is 12.5. The molecule has 0 aliphatic heterocycles. The molecular weight excluding hydrogens is 442 g/mol. The number of anilines is 1. The van der Waals surface area contributed by atoms with E-state index in [0.29, 0.717) is 31.0 Å². The zero-order valence-corrected chi connectivity index (χ0v) is 18.3. The van der Waals surface area contributed by atoms with Gasteiger partial charge in [0.1, 0.15) is 4.21 Å². The van der Waals surface area contributed by atoms with Crippen molar-refractivity contribution in [2.45, 2.75) is 36.8 Å². The molecule has 0 unspecified atom stereocenters. The molecule has 10 nitrogen and oxygen atoms in total. The number of carbonyl (C=O) groups excluding carboxylic acids is 2. The zero-order valence-electron chi connectivity index (χ0n) is 16.6. The number of carbonyl (C=O) groups is 2. The largest absolute Gasteiger partial charge is 0.339 e. The first kappa shape index (κ1) is 22.4. The summed E-state index contributed by atoms with van der Waals surface area (Å²) in [6.07, 6.45) is 1.71. The number of sulfonamides is 1. The van der Waals surface area contributed by atoms with Crippen molar-refractivity contribution in [1.29, 1.82) is 0 Å². The van der Waals surface area contributed by atoms with Crippen LogP contribution < -0.4 is 15.6 Å². The van der Waals surface area contributed by atoms with Crippen molar-refractivity contribution in [3.8, 4) is 0 Å². The molecule has 2 amide bonds. The van der Waals surface area contributed by atoms with Gasteiger partial charge in [-0.05, 0) is 30.0 Å². The van der Waals surface area contributed by atoms with Crippen molar-refractivity contribution in [2.75, 3.05) is 4.72 Å². The molecule has 0 aliphatic carbocycles. The third-order valence-electron chi connectivity index (χ3n) is 4.11. The highest BCUT2D eigenvalue weighted by molar-refractivity contribution is 7.94. The molecule has 3 rings (SSSR count). The number of rotatable bonds is 9. The van der Waals surface area contributed by atoms with Crippen molar-refractivity contribution in [1.82, 2.24) is 21.0 Å². The number of hydrogen-bond acceptors (Lipinski definition) is 8. The van der Waals surface area contributed by atoms with Crippen molar-refractivity contribution >= 4 is 38.9 Å². The minimum atomic E-state index is -3.81. The number of thiophene rings is 1. The van der Waals surface area contributed by atoms with Gasteiger partial charge < -0.3 is 4.52 Å². The van der Waals surface area contributed by atoms with Crippen molar-refractivity contribution in [3.63, 3.8) is 0 Å². The molecule has 164 valence electrons. The van der Waals surface area contributed by atoms with Gasteiger partial charge in [-0.1, -0.05) is 30.3 Å². The van der Waals surface area contributed by atoms with Crippen LogP contribution in [0.2, 0.25) is 0 Å². The van der Waals surface area contributed by atoms with Crippen LogP contribution in [0.3, 0.4) is 0 Å². The molecular formula is C19H21N5O5S2. The lowest BCUT2D eigenvalue weighted by Crippen LogP contribution is -2.41. The molecule has 0 fully saturated rings. The molecule has 3 N–H and O–H groups in total. The lowest BCUT2D eigenvalue weighted by Gasteiger charge is -2.12. The SMILES string of the molecule is CCc1noc(CCCC(=O)NNC(=O)c2ccccc2NS(=O)(=O)c2cccs2)n1. The van der Waals surface area contributed by atoms with E-state index >= 15 is 0 Å². The van der Waals surface area contributed by atoms with Crippen molar-refractivity contribution < 1.29 is 22.5 Å². The topological polar surface area (TPSA) is 143 Å². The highest BCUT2D eigenvalue weighted by Gasteiger charge is 2.19. The molecule has 0 atom stereocenters. The van der Waals surface area contributed by atoms with E-state index in [9.17, 15) is 18.0 Å². The Kier molecular flexibility index (Phi) is 7.36. The number of nitrogens with zero attached hydrogens (tertiary/aromatic N) is 2. The Balaban J connectivity index is 1.53. The van der Waals surface area contributed by atoms with Crippen LogP contribution in [-0.2, 0) is 27.7 Å². The Morgan fingerprint density at radius 1 is 1.13 bits per heavy atom. The van der Waals surface area contributed by atoms with E-state index in [2.05, 4.69) is 25.7 Å². The van der Waals surface area contributed by atoms with E-state index in [0.717, 1.165) is 11.3 Å². The summed E-state index contributed by atoms with van der Waals surface area (Å²) < 4.78 is 32.5. The van der Waals surface area contributed by atoms with Gasteiger partial charge in [-0.25, -0.2) is 8.42 Å². The third kappa shape index (κ3) is 6.12.